The zero-order valence-corrected chi connectivity index (χ0v) is 14.1. The highest BCUT2D eigenvalue weighted by Gasteiger charge is 2.21. The molecule has 0 fully saturated rings. The molecule has 2 rings (SSSR count). The Labute approximate surface area is 130 Å². The number of nitrogens with zero attached hydrogens (tertiary/aromatic N) is 1. The van der Waals surface area contributed by atoms with Crippen molar-refractivity contribution in [3.8, 4) is 5.75 Å². The van der Waals surface area contributed by atoms with Crippen LogP contribution in [-0.4, -0.2) is 30.6 Å². The summed E-state index contributed by atoms with van der Waals surface area (Å²) in [5.74, 6) is 1.10. The SMILES string of the molecule is CCC(CC)N(CCN)Cc1cc(Br)cc2c1OCC2. The number of benzene rings is 1. The predicted molar refractivity (Wildman–Crippen MR) is 87.2 cm³/mol. The quantitative estimate of drug-likeness (QED) is 0.827. The van der Waals surface area contributed by atoms with Crippen LogP contribution in [0.5, 0.6) is 5.75 Å². The molecule has 20 heavy (non-hydrogen) atoms. The van der Waals surface area contributed by atoms with E-state index in [0.717, 1.165) is 49.2 Å². The first kappa shape index (κ1) is 15.8. The fourth-order valence-corrected chi connectivity index (χ4v) is 3.60. The van der Waals surface area contributed by atoms with Crippen LogP contribution in [0.25, 0.3) is 0 Å². The Kier molecular flexibility index (Phi) is 5.87. The molecular weight excluding hydrogens is 316 g/mol. The maximum Gasteiger partial charge on any atom is 0.127 e. The van der Waals surface area contributed by atoms with Crippen molar-refractivity contribution in [3.63, 3.8) is 0 Å². The van der Waals surface area contributed by atoms with Gasteiger partial charge in [-0.15, -0.1) is 0 Å². The fraction of sp³-hybridized carbons (Fsp3) is 0.625. The Morgan fingerprint density at radius 3 is 2.75 bits per heavy atom. The molecule has 0 radical (unpaired) electrons. The molecule has 0 atom stereocenters. The molecule has 0 aromatic heterocycles. The van der Waals surface area contributed by atoms with Crippen LogP contribution in [0.3, 0.4) is 0 Å². The third kappa shape index (κ3) is 3.54. The van der Waals surface area contributed by atoms with Crippen LogP contribution in [0.15, 0.2) is 16.6 Å². The Balaban J connectivity index is 2.22. The van der Waals surface area contributed by atoms with Gasteiger partial charge in [0.2, 0.25) is 0 Å². The molecule has 0 saturated heterocycles. The standard InChI is InChI=1S/C16H25BrN2O/c1-3-15(4-2)19(7-6-18)11-13-10-14(17)9-12-5-8-20-16(12)13/h9-10,15H,3-8,11,18H2,1-2H3. The second-order valence-corrected chi connectivity index (χ2v) is 6.30. The molecule has 0 saturated carbocycles. The lowest BCUT2D eigenvalue weighted by Gasteiger charge is -2.30. The highest BCUT2D eigenvalue weighted by molar-refractivity contribution is 9.10. The Hall–Kier alpha value is -0.580. The van der Waals surface area contributed by atoms with Gasteiger partial charge in [-0.3, -0.25) is 4.90 Å². The molecule has 0 aliphatic carbocycles. The molecule has 0 unspecified atom stereocenters. The first-order valence-corrected chi connectivity index (χ1v) is 8.37. The van der Waals surface area contributed by atoms with Gasteiger partial charge in [-0.1, -0.05) is 29.8 Å². The third-order valence-corrected chi connectivity index (χ3v) is 4.53. The van der Waals surface area contributed by atoms with Crippen molar-refractivity contribution in [2.24, 2.45) is 5.73 Å². The molecule has 1 aromatic carbocycles. The number of fused-ring (bicyclic) bond motifs is 1. The second kappa shape index (κ2) is 7.43. The minimum Gasteiger partial charge on any atom is -0.493 e. The summed E-state index contributed by atoms with van der Waals surface area (Å²) < 4.78 is 6.98. The lowest BCUT2D eigenvalue weighted by Crippen LogP contribution is -2.37. The highest BCUT2D eigenvalue weighted by atomic mass is 79.9. The number of ether oxygens (including phenoxy) is 1. The van der Waals surface area contributed by atoms with Gasteiger partial charge in [0.05, 0.1) is 6.61 Å². The molecule has 2 N–H and O–H groups in total. The maximum absolute atomic E-state index is 5.83. The molecule has 112 valence electrons. The summed E-state index contributed by atoms with van der Waals surface area (Å²) in [6, 6.07) is 4.96. The number of hydrogen-bond donors (Lipinski definition) is 1. The van der Waals surface area contributed by atoms with Crippen molar-refractivity contribution in [1.29, 1.82) is 0 Å². The van der Waals surface area contributed by atoms with E-state index in [1.807, 2.05) is 0 Å². The highest BCUT2D eigenvalue weighted by Crippen LogP contribution is 2.34. The van der Waals surface area contributed by atoms with E-state index in [9.17, 15) is 0 Å². The Bertz CT molecular complexity index is 446. The van der Waals surface area contributed by atoms with E-state index in [1.54, 1.807) is 0 Å². The van der Waals surface area contributed by atoms with Gasteiger partial charge in [-0.2, -0.15) is 0 Å². The van der Waals surface area contributed by atoms with Crippen LogP contribution < -0.4 is 10.5 Å². The topological polar surface area (TPSA) is 38.5 Å². The average molecular weight is 341 g/mol. The van der Waals surface area contributed by atoms with E-state index in [4.69, 9.17) is 10.5 Å². The summed E-state index contributed by atoms with van der Waals surface area (Å²) in [7, 11) is 0. The second-order valence-electron chi connectivity index (χ2n) is 5.38. The van der Waals surface area contributed by atoms with Crippen molar-refractivity contribution >= 4 is 15.9 Å². The van der Waals surface area contributed by atoms with Crippen LogP contribution in [0.2, 0.25) is 0 Å². The molecule has 0 bridgehead atoms. The number of nitrogens with two attached hydrogens (primary N) is 1. The summed E-state index contributed by atoms with van der Waals surface area (Å²) in [6.07, 6.45) is 3.34. The van der Waals surface area contributed by atoms with Crippen molar-refractivity contribution in [1.82, 2.24) is 4.90 Å². The van der Waals surface area contributed by atoms with Gasteiger partial charge in [0.1, 0.15) is 5.75 Å². The summed E-state index contributed by atoms with van der Waals surface area (Å²) in [5.41, 5.74) is 8.40. The lowest BCUT2D eigenvalue weighted by atomic mass is 10.1. The van der Waals surface area contributed by atoms with Gasteiger partial charge >= 0.3 is 0 Å². The molecule has 4 heteroatoms. The van der Waals surface area contributed by atoms with Crippen LogP contribution in [0.1, 0.15) is 37.8 Å². The maximum atomic E-state index is 5.83. The van der Waals surface area contributed by atoms with E-state index in [0.29, 0.717) is 12.6 Å². The zero-order chi connectivity index (χ0) is 14.5. The van der Waals surface area contributed by atoms with Crippen molar-refractivity contribution in [2.45, 2.75) is 45.7 Å². The molecule has 1 heterocycles. The van der Waals surface area contributed by atoms with Gasteiger partial charge in [0.25, 0.3) is 0 Å². The van der Waals surface area contributed by atoms with E-state index >= 15 is 0 Å². The van der Waals surface area contributed by atoms with E-state index < -0.39 is 0 Å². The van der Waals surface area contributed by atoms with Crippen LogP contribution in [-0.2, 0) is 13.0 Å². The molecule has 3 nitrogen and oxygen atoms in total. The molecule has 1 aliphatic heterocycles. The van der Waals surface area contributed by atoms with Crippen molar-refractivity contribution in [2.75, 3.05) is 19.7 Å². The molecular formula is C16H25BrN2O. The zero-order valence-electron chi connectivity index (χ0n) is 12.5. The summed E-state index contributed by atoms with van der Waals surface area (Å²) in [6.45, 7) is 7.87. The smallest absolute Gasteiger partial charge is 0.127 e. The number of rotatable bonds is 7. The fourth-order valence-electron chi connectivity index (χ4n) is 3.04. The normalized spacial score (nSPS) is 13.9. The summed E-state index contributed by atoms with van der Waals surface area (Å²) >= 11 is 3.62. The number of halogens is 1. The van der Waals surface area contributed by atoms with Crippen LogP contribution in [0.4, 0.5) is 0 Å². The minimum absolute atomic E-state index is 0.592. The monoisotopic (exact) mass is 340 g/mol. The minimum atomic E-state index is 0.592. The van der Waals surface area contributed by atoms with Gasteiger partial charge in [-0.25, -0.2) is 0 Å². The third-order valence-electron chi connectivity index (χ3n) is 4.07. The average Bonchev–Trinajstić information content (AvgIpc) is 2.88. The number of hydrogen-bond acceptors (Lipinski definition) is 3. The lowest BCUT2D eigenvalue weighted by molar-refractivity contribution is 0.180. The van der Waals surface area contributed by atoms with Gasteiger partial charge < -0.3 is 10.5 Å². The Morgan fingerprint density at radius 2 is 2.10 bits per heavy atom. The van der Waals surface area contributed by atoms with Crippen LogP contribution in [0, 0.1) is 0 Å². The van der Waals surface area contributed by atoms with Gasteiger partial charge in [0.15, 0.2) is 0 Å². The van der Waals surface area contributed by atoms with E-state index in [1.165, 1.54) is 11.1 Å². The molecule has 1 aromatic rings. The Morgan fingerprint density at radius 1 is 1.35 bits per heavy atom. The van der Waals surface area contributed by atoms with Gasteiger partial charge in [0, 0.05) is 42.1 Å². The largest absolute Gasteiger partial charge is 0.493 e. The first-order valence-electron chi connectivity index (χ1n) is 7.57. The van der Waals surface area contributed by atoms with Gasteiger partial charge in [-0.05, 0) is 30.5 Å². The first-order chi connectivity index (χ1) is 9.69. The predicted octanol–water partition coefficient (Wildman–Crippen LogP) is 3.33. The van der Waals surface area contributed by atoms with Crippen molar-refractivity contribution in [3.05, 3.63) is 27.7 Å². The van der Waals surface area contributed by atoms with Crippen molar-refractivity contribution < 1.29 is 4.74 Å². The summed E-state index contributed by atoms with van der Waals surface area (Å²) in [4.78, 5) is 2.49. The molecule has 0 spiro atoms. The summed E-state index contributed by atoms with van der Waals surface area (Å²) in [5, 5.41) is 0. The van der Waals surface area contributed by atoms with Crippen LogP contribution >= 0.6 is 15.9 Å². The van der Waals surface area contributed by atoms with E-state index in [-0.39, 0.29) is 0 Å². The molecule has 1 aliphatic rings. The van der Waals surface area contributed by atoms with E-state index in [2.05, 4.69) is 46.8 Å². The molecule has 0 amide bonds.